The molecule has 0 amide bonds. The molecule has 0 saturated heterocycles. The van der Waals surface area contributed by atoms with Gasteiger partial charge in [-0.05, 0) is 30.7 Å². The number of benzene rings is 1. The van der Waals surface area contributed by atoms with E-state index in [0.29, 0.717) is 18.9 Å². The zero-order chi connectivity index (χ0) is 14.4. The summed E-state index contributed by atoms with van der Waals surface area (Å²) >= 11 is 5.60. The maximum Gasteiger partial charge on any atom is 0.134 e. The third-order valence-electron chi connectivity index (χ3n) is 2.68. The summed E-state index contributed by atoms with van der Waals surface area (Å²) in [5.41, 5.74) is 2.89. The van der Waals surface area contributed by atoms with E-state index in [0.717, 1.165) is 22.6 Å². The Hall–Kier alpha value is -1.99. The Bertz CT molecular complexity index is 640. The summed E-state index contributed by atoms with van der Waals surface area (Å²) < 4.78 is 7.33. The van der Waals surface area contributed by atoms with E-state index in [-0.39, 0.29) is 0 Å². The largest absolute Gasteiger partial charge is 0.487 e. The van der Waals surface area contributed by atoms with Gasteiger partial charge in [0.1, 0.15) is 18.1 Å². The fraction of sp³-hybridized carbons (Fsp3) is 0.333. The summed E-state index contributed by atoms with van der Waals surface area (Å²) in [7, 11) is 1.83. The first kappa shape index (κ1) is 14.4. The Morgan fingerprint density at radius 1 is 1.40 bits per heavy atom. The van der Waals surface area contributed by atoms with Crippen molar-refractivity contribution in [1.82, 2.24) is 15.0 Å². The minimum atomic E-state index is 0.407. The molecule has 0 atom stereocenters. The van der Waals surface area contributed by atoms with Crippen LogP contribution in [0.4, 0.5) is 0 Å². The summed E-state index contributed by atoms with van der Waals surface area (Å²) in [6.07, 6.45) is 2.53. The van der Waals surface area contributed by atoms with Crippen molar-refractivity contribution in [1.29, 1.82) is 0 Å². The Kier molecular flexibility index (Phi) is 5.03. The highest BCUT2D eigenvalue weighted by Gasteiger charge is 2.02. The van der Waals surface area contributed by atoms with Crippen LogP contribution in [0.5, 0.6) is 5.75 Å². The highest BCUT2D eigenvalue weighted by Crippen LogP contribution is 2.17. The van der Waals surface area contributed by atoms with Gasteiger partial charge in [0.2, 0.25) is 0 Å². The van der Waals surface area contributed by atoms with E-state index in [1.54, 1.807) is 4.68 Å². The minimum absolute atomic E-state index is 0.407. The van der Waals surface area contributed by atoms with Crippen molar-refractivity contribution in [3.63, 3.8) is 0 Å². The Balaban J connectivity index is 2.00. The van der Waals surface area contributed by atoms with Crippen molar-refractivity contribution < 1.29 is 4.74 Å². The first-order valence-corrected chi connectivity index (χ1v) is 6.86. The number of aryl methyl sites for hydroxylation is 2. The van der Waals surface area contributed by atoms with Crippen LogP contribution in [-0.2, 0) is 13.7 Å². The van der Waals surface area contributed by atoms with Gasteiger partial charge in [-0.1, -0.05) is 17.1 Å². The van der Waals surface area contributed by atoms with Crippen LogP contribution in [0.1, 0.15) is 23.2 Å². The summed E-state index contributed by atoms with van der Waals surface area (Å²) in [6, 6.07) is 5.84. The van der Waals surface area contributed by atoms with Gasteiger partial charge < -0.3 is 4.74 Å². The van der Waals surface area contributed by atoms with Crippen LogP contribution in [0.25, 0.3) is 0 Å². The van der Waals surface area contributed by atoms with Gasteiger partial charge in [0.25, 0.3) is 0 Å². The van der Waals surface area contributed by atoms with Gasteiger partial charge in [-0.3, -0.25) is 4.68 Å². The Labute approximate surface area is 123 Å². The molecule has 104 valence electrons. The fourth-order valence-corrected chi connectivity index (χ4v) is 1.78. The summed E-state index contributed by atoms with van der Waals surface area (Å²) in [6.45, 7) is 2.42. The minimum Gasteiger partial charge on any atom is -0.487 e. The zero-order valence-electron chi connectivity index (χ0n) is 11.6. The van der Waals surface area contributed by atoms with Crippen molar-refractivity contribution in [2.75, 3.05) is 5.88 Å². The second-order valence-electron chi connectivity index (χ2n) is 4.39. The van der Waals surface area contributed by atoms with Gasteiger partial charge in [0.15, 0.2) is 0 Å². The van der Waals surface area contributed by atoms with Crippen LogP contribution in [0.2, 0.25) is 0 Å². The van der Waals surface area contributed by atoms with Crippen molar-refractivity contribution >= 4 is 11.6 Å². The lowest BCUT2D eigenvalue weighted by Gasteiger charge is -2.06. The number of hydrogen-bond acceptors (Lipinski definition) is 3. The molecule has 0 aliphatic carbocycles. The normalized spacial score (nSPS) is 9.95. The van der Waals surface area contributed by atoms with Crippen molar-refractivity contribution in [2.45, 2.75) is 20.0 Å². The molecule has 0 radical (unpaired) electrons. The molecular weight excluding hydrogens is 274 g/mol. The highest BCUT2D eigenvalue weighted by atomic mass is 35.5. The molecule has 0 unspecified atom stereocenters. The highest BCUT2D eigenvalue weighted by molar-refractivity contribution is 6.18. The van der Waals surface area contributed by atoms with Crippen LogP contribution in [0.3, 0.4) is 0 Å². The monoisotopic (exact) mass is 289 g/mol. The lowest BCUT2D eigenvalue weighted by Crippen LogP contribution is -1.96. The number of hydrogen-bond donors (Lipinski definition) is 0. The summed E-state index contributed by atoms with van der Waals surface area (Å²) in [5.74, 6) is 7.49. The van der Waals surface area contributed by atoms with Crippen LogP contribution in [0, 0.1) is 18.8 Å². The SMILES string of the molecule is Cc1cc(OCc2cn(C)nn2)ccc1C#CCCCl. The molecule has 0 saturated carbocycles. The number of alkyl halides is 1. The topological polar surface area (TPSA) is 39.9 Å². The first-order valence-electron chi connectivity index (χ1n) is 6.32. The molecule has 0 N–H and O–H groups in total. The van der Waals surface area contributed by atoms with E-state index < -0.39 is 0 Å². The Morgan fingerprint density at radius 3 is 2.90 bits per heavy atom. The van der Waals surface area contributed by atoms with Gasteiger partial charge in [-0.25, -0.2) is 0 Å². The number of halogens is 1. The van der Waals surface area contributed by atoms with E-state index in [1.807, 2.05) is 38.4 Å². The molecular formula is C15H16ClN3O. The van der Waals surface area contributed by atoms with Crippen molar-refractivity contribution in [3.05, 3.63) is 41.2 Å². The van der Waals surface area contributed by atoms with Crippen molar-refractivity contribution in [2.24, 2.45) is 7.05 Å². The maximum absolute atomic E-state index is 5.68. The standard InChI is InChI=1S/C15H16ClN3O/c1-12-9-15(7-6-13(12)5-3-4-8-16)20-11-14-10-19(2)18-17-14/h6-7,9-10H,4,8,11H2,1-2H3. The van der Waals surface area contributed by atoms with E-state index in [9.17, 15) is 0 Å². The molecule has 4 nitrogen and oxygen atoms in total. The number of nitrogens with zero attached hydrogens (tertiary/aromatic N) is 3. The molecule has 1 aromatic heterocycles. The predicted octanol–water partition coefficient (Wildman–Crippen LogP) is 2.68. The average Bonchev–Trinajstić information content (AvgIpc) is 2.85. The molecule has 1 aromatic carbocycles. The summed E-state index contributed by atoms with van der Waals surface area (Å²) in [4.78, 5) is 0. The van der Waals surface area contributed by atoms with Gasteiger partial charge in [0, 0.05) is 24.9 Å². The number of rotatable bonds is 4. The first-order chi connectivity index (χ1) is 9.69. The molecule has 0 aliphatic heterocycles. The van der Waals surface area contributed by atoms with Gasteiger partial charge >= 0.3 is 0 Å². The van der Waals surface area contributed by atoms with Gasteiger partial charge in [-0.2, -0.15) is 0 Å². The molecule has 5 heteroatoms. The third kappa shape index (κ3) is 4.01. The molecule has 2 aromatic rings. The second kappa shape index (κ2) is 6.97. The third-order valence-corrected chi connectivity index (χ3v) is 2.87. The lowest BCUT2D eigenvalue weighted by molar-refractivity contribution is 0.301. The smallest absolute Gasteiger partial charge is 0.134 e. The molecule has 0 spiro atoms. The molecule has 0 bridgehead atoms. The number of ether oxygens (including phenoxy) is 1. The molecule has 2 rings (SSSR count). The number of aromatic nitrogens is 3. The quantitative estimate of drug-likeness (QED) is 0.642. The van der Waals surface area contributed by atoms with E-state index in [2.05, 4.69) is 22.2 Å². The fourth-order valence-electron chi connectivity index (χ4n) is 1.69. The molecule has 1 heterocycles. The van der Waals surface area contributed by atoms with Gasteiger partial charge in [0.05, 0.1) is 6.20 Å². The van der Waals surface area contributed by atoms with E-state index >= 15 is 0 Å². The molecule has 0 fully saturated rings. The summed E-state index contributed by atoms with van der Waals surface area (Å²) in [5, 5.41) is 7.83. The van der Waals surface area contributed by atoms with Crippen LogP contribution in [0.15, 0.2) is 24.4 Å². The van der Waals surface area contributed by atoms with Crippen LogP contribution in [-0.4, -0.2) is 20.9 Å². The lowest BCUT2D eigenvalue weighted by atomic mass is 10.1. The molecule has 20 heavy (non-hydrogen) atoms. The zero-order valence-corrected chi connectivity index (χ0v) is 12.3. The predicted molar refractivity (Wildman–Crippen MR) is 78.7 cm³/mol. The average molecular weight is 290 g/mol. The van der Waals surface area contributed by atoms with Crippen LogP contribution < -0.4 is 4.74 Å². The maximum atomic E-state index is 5.68. The van der Waals surface area contributed by atoms with Crippen LogP contribution >= 0.6 is 11.6 Å². The Morgan fingerprint density at radius 2 is 2.25 bits per heavy atom. The van der Waals surface area contributed by atoms with Gasteiger partial charge in [-0.15, -0.1) is 16.7 Å². The molecule has 0 aliphatic rings. The second-order valence-corrected chi connectivity index (χ2v) is 4.77. The van der Waals surface area contributed by atoms with E-state index in [1.165, 1.54) is 0 Å². The van der Waals surface area contributed by atoms with Crippen molar-refractivity contribution in [3.8, 4) is 17.6 Å². The van der Waals surface area contributed by atoms with E-state index in [4.69, 9.17) is 16.3 Å².